The average molecular weight is 225 g/mol. The number of hydrogen-bond acceptors (Lipinski definition) is 3. The average Bonchev–Trinajstić information content (AvgIpc) is 2.42. The lowest BCUT2D eigenvalue weighted by Crippen LogP contribution is -2.08. The summed E-state index contributed by atoms with van der Waals surface area (Å²) in [6, 6.07) is 1.78. The second-order valence-corrected chi connectivity index (χ2v) is 5.17. The van der Waals surface area contributed by atoms with E-state index in [-0.39, 0.29) is 0 Å². The van der Waals surface area contributed by atoms with Gasteiger partial charge in [-0.15, -0.1) is 0 Å². The van der Waals surface area contributed by atoms with Crippen molar-refractivity contribution in [3.05, 3.63) is 24.7 Å². The summed E-state index contributed by atoms with van der Waals surface area (Å²) in [4.78, 5) is 3.99. The molecule has 0 unspecified atom stereocenters. The van der Waals surface area contributed by atoms with Crippen LogP contribution >= 0.6 is 0 Å². The van der Waals surface area contributed by atoms with Gasteiger partial charge in [-0.05, 0) is 6.07 Å². The molecule has 0 fully saturated rings. The Bertz CT molecular complexity index is 601. The number of rotatable bonds is 2. The Labute approximate surface area is 87.8 Å². The zero-order valence-corrected chi connectivity index (χ0v) is 9.25. The second kappa shape index (κ2) is 3.23. The van der Waals surface area contributed by atoms with E-state index in [1.807, 2.05) is 11.6 Å². The molecule has 80 valence electrons. The fourth-order valence-electron chi connectivity index (χ4n) is 1.51. The lowest BCUT2D eigenvalue weighted by Gasteiger charge is -2.00. The summed E-state index contributed by atoms with van der Waals surface area (Å²) in [6.45, 7) is 0. The molecule has 2 aromatic rings. The molecule has 0 atom stereocenters. The minimum Gasteiger partial charge on any atom is -0.347 e. The summed E-state index contributed by atoms with van der Waals surface area (Å²) in [5.74, 6) is 0. The van der Waals surface area contributed by atoms with Gasteiger partial charge in [0, 0.05) is 24.8 Å². The van der Waals surface area contributed by atoms with Crippen LogP contribution in [0.3, 0.4) is 0 Å². The van der Waals surface area contributed by atoms with Gasteiger partial charge in [-0.3, -0.25) is 9.71 Å². The zero-order chi connectivity index (χ0) is 11.1. The molecule has 0 saturated carbocycles. The van der Waals surface area contributed by atoms with E-state index in [0.717, 1.165) is 17.2 Å². The number of nitrogens with zero attached hydrogens (tertiary/aromatic N) is 2. The predicted molar refractivity (Wildman–Crippen MR) is 59.2 cm³/mol. The highest BCUT2D eigenvalue weighted by Gasteiger charge is 2.09. The first-order valence-corrected chi connectivity index (χ1v) is 6.23. The highest BCUT2D eigenvalue weighted by Crippen LogP contribution is 2.24. The van der Waals surface area contributed by atoms with Crippen molar-refractivity contribution >= 4 is 26.6 Å². The lowest BCUT2D eigenvalue weighted by molar-refractivity contribution is 0.607. The smallest absolute Gasteiger partial charge is 0.229 e. The van der Waals surface area contributed by atoms with Crippen molar-refractivity contribution in [1.82, 2.24) is 9.55 Å². The number of fused-ring (bicyclic) bond motifs is 1. The molecule has 0 saturated heterocycles. The molecule has 0 bridgehead atoms. The first kappa shape index (κ1) is 9.97. The van der Waals surface area contributed by atoms with Gasteiger partial charge in [-0.1, -0.05) is 0 Å². The fourth-order valence-corrected chi connectivity index (χ4v) is 2.07. The fraction of sp³-hybridized carbons (Fsp3) is 0.222. The summed E-state index contributed by atoms with van der Waals surface area (Å²) >= 11 is 0. The third-order valence-electron chi connectivity index (χ3n) is 2.09. The quantitative estimate of drug-likeness (QED) is 0.827. The van der Waals surface area contributed by atoms with Crippen molar-refractivity contribution in [2.24, 2.45) is 7.05 Å². The SMILES string of the molecule is Cn1cc(NS(C)(=O)=O)c2ccncc21. The second-order valence-electron chi connectivity index (χ2n) is 3.42. The summed E-state index contributed by atoms with van der Waals surface area (Å²) in [7, 11) is -1.39. The van der Waals surface area contributed by atoms with E-state index in [2.05, 4.69) is 9.71 Å². The van der Waals surface area contributed by atoms with Crippen LogP contribution in [0, 0.1) is 0 Å². The van der Waals surface area contributed by atoms with E-state index >= 15 is 0 Å². The summed E-state index contributed by atoms with van der Waals surface area (Å²) in [6.07, 6.45) is 6.19. The molecule has 2 rings (SSSR count). The summed E-state index contributed by atoms with van der Waals surface area (Å²) in [5.41, 5.74) is 1.47. The Morgan fingerprint density at radius 3 is 2.87 bits per heavy atom. The number of anilines is 1. The van der Waals surface area contributed by atoms with Crippen LogP contribution in [-0.4, -0.2) is 24.2 Å². The van der Waals surface area contributed by atoms with Gasteiger partial charge in [0.25, 0.3) is 0 Å². The highest BCUT2D eigenvalue weighted by atomic mass is 32.2. The molecule has 0 aliphatic carbocycles. The Hall–Kier alpha value is -1.56. The lowest BCUT2D eigenvalue weighted by atomic mass is 10.3. The maximum Gasteiger partial charge on any atom is 0.229 e. The van der Waals surface area contributed by atoms with Crippen molar-refractivity contribution in [2.75, 3.05) is 11.0 Å². The molecule has 5 nitrogen and oxygen atoms in total. The van der Waals surface area contributed by atoms with E-state index < -0.39 is 10.0 Å². The first-order chi connectivity index (χ1) is 6.97. The molecule has 0 aliphatic rings. The molecule has 0 radical (unpaired) electrons. The van der Waals surface area contributed by atoms with Crippen LogP contribution < -0.4 is 4.72 Å². The van der Waals surface area contributed by atoms with E-state index in [0.29, 0.717) is 5.69 Å². The monoisotopic (exact) mass is 225 g/mol. The number of hydrogen-bond donors (Lipinski definition) is 1. The predicted octanol–water partition coefficient (Wildman–Crippen LogP) is 0.945. The molecule has 1 N–H and O–H groups in total. The van der Waals surface area contributed by atoms with Gasteiger partial charge in [0.2, 0.25) is 10.0 Å². The topological polar surface area (TPSA) is 64.0 Å². The number of aryl methyl sites for hydroxylation is 1. The highest BCUT2D eigenvalue weighted by molar-refractivity contribution is 7.92. The van der Waals surface area contributed by atoms with E-state index in [1.165, 1.54) is 0 Å². The number of pyridine rings is 1. The van der Waals surface area contributed by atoms with Crippen molar-refractivity contribution in [3.8, 4) is 0 Å². The molecule has 0 amide bonds. The zero-order valence-electron chi connectivity index (χ0n) is 8.43. The molecule has 2 aromatic heterocycles. The van der Waals surface area contributed by atoms with Crippen LogP contribution in [0.15, 0.2) is 24.7 Å². The van der Waals surface area contributed by atoms with Crippen molar-refractivity contribution in [2.45, 2.75) is 0 Å². The molecular weight excluding hydrogens is 214 g/mol. The molecule has 15 heavy (non-hydrogen) atoms. The Morgan fingerprint density at radius 2 is 2.20 bits per heavy atom. The summed E-state index contributed by atoms with van der Waals surface area (Å²) in [5, 5.41) is 0.845. The molecule has 0 spiro atoms. The molecule has 0 aromatic carbocycles. The van der Waals surface area contributed by atoms with Gasteiger partial charge >= 0.3 is 0 Å². The van der Waals surface area contributed by atoms with Crippen molar-refractivity contribution < 1.29 is 8.42 Å². The first-order valence-electron chi connectivity index (χ1n) is 4.34. The van der Waals surface area contributed by atoms with Crippen LogP contribution in [0.25, 0.3) is 10.9 Å². The van der Waals surface area contributed by atoms with Gasteiger partial charge in [0.05, 0.1) is 23.7 Å². The maximum atomic E-state index is 11.1. The van der Waals surface area contributed by atoms with E-state index in [4.69, 9.17) is 0 Å². The number of aromatic nitrogens is 2. The standard InChI is InChI=1S/C9H11N3O2S/c1-12-6-8(11-15(2,13)14)7-3-4-10-5-9(7)12/h3-6,11H,1-2H3. The Kier molecular flexibility index (Phi) is 2.15. The van der Waals surface area contributed by atoms with Crippen LogP contribution in [0.4, 0.5) is 5.69 Å². The van der Waals surface area contributed by atoms with E-state index in [9.17, 15) is 8.42 Å². The van der Waals surface area contributed by atoms with Gasteiger partial charge in [-0.25, -0.2) is 8.42 Å². The van der Waals surface area contributed by atoms with Gasteiger partial charge < -0.3 is 4.57 Å². The largest absolute Gasteiger partial charge is 0.347 e. The van der Waals surface area contributed by atoms with Crippen LogP contribution in [-0.2, 0) is 17.1 Å². The van der Waals surface area contributed by atoms with Gasteiger partial charge in [0.1, 0.15) is 0 Å². The minimum absolute atomic E-state index is 0.581. The van der Waals surface area contributed by atoms with Crippen LogP contribution in [0.2, 0.25) is 0 Å². The third kappa shape index (κ3) is 1.94. The molecular formula is C9H11N3O2S. The normalized spacial score (nSPS) is 11.9. The van der Waals surface area contributed by atoms with Gasteiger partial charge in [-0.2, -0.15) is 0 Å². The Balaban J connectivity index is 2.62. The number of sulfonamides is 1. The van der Waals surface area contributed by atoms with Crippen LogP contribution in [0.1, 0.15) is 0 Å². The van der Waals surface area contributed by atoms with Gasteiger partial charge in [0.15, 0.2) is 0 Å². The third-order valence-corrected chi connectivity index (χ3v) is 2.68. The van der Waals surface area contributed by atoms with Crippen molar-refractivity contribution in [3.63, 3.8) is 0 Å². The van der Waals surface area contributed by atoms with Crippen molar-refractivity contribution in [1.29, 1.82) is 0 Å². The molecule has 6 heteroatoms. The summed E-state index contributed by atoms with van der Waals surface area (Å²) < 4.78 is 26.5. The number of nitrogens with one attached hydrogen (secondary N) is 1. The maximum absolute atomic E-state index is 11.1. The minimum atomic E-state index is -3.24. The van der Waals surface area contributed by atoms with Crippen LogP contribution in [0.5, 0.6) is 0 Å². The molecule has 2 heterocycles. The molecule has 0 aliphatic heterocycles. The van der Waals surface area contributed by atoms with E-state index in [1.54, 1.807) is 24.7 Å². The Morgan fingerprint density at radius 1 is 1.47 bits per heavy atom.